The molecule has 1 heterocycles. The maximum Gasteiger partial charge on any atom is 0.337 e. The fourth-order valence-electron chi connectivity index (χ4n) is 2.38. The van der Waals surface area contributed by atoms with Gasteiger partial charge in [0.1, 0.15) is 5.69 Å². The molecule has 0 unspecified atom stereocenters. The van der Waals surface area contributed by atoms with Crippen molar-refractivity contribution < 1.29 is 14.3 Å². The predicted octanol–water partition coefficient (Wildman–Crippen LogP) is 3.57. The Balaban J connectivity index is 1.72. The molecule has 0 fully saturated rings. The number of aromatic nitrogens is 2. The molecule has 1 amide bonds. The van der Waals surface area contributed by atoms with Crippen molar-refractivity contribution in [2.24, 2.45) is 0 Å². The van der Waals surface area contributed by atoms with Gasteiger partial charge in [0.05, 0.1) is 12.7 Å². The van der Waals surface area contributed by atoms with Crippen molar-refractivity contribution in [1.29, 1.82) is 0 Å². The average Bonchev–Trinajstić information content (AvgIpc) is 2.70. The summed E-state index contributed by atoms with van der Waals surface area (Å²) in [7, 11) is 1.33. The molecule has 0 bridgehead atoms. The van der Waals surface area contributed by atoms with Crippen LogP contribution < -0.4 is 10.6 Å². The summed E-state index contributed by atoms with van der Waals surface area (Å²) >= 11 is 0. The quantitative estimate of drug-likeness (QED) is 0.674. The van der Waals surface area contributed by atoms with E-state index in [4.69, 9.17) is 0 Å². The summed E-state index contributed by atoms with van der Waals surface area (Å²) in [5.41, 5.74) is 3.05. The van der Waals surface area contributed by atoms with Gasteiger partial charge in [-0.25, -0.2) is 14.8 Å². The molecule has 0 aliphatic carbocycles. The fraction of sp³-hybridized carbons (Fsp3) is 0.100. The van der Waals surface area contributed by atoms with E-state index < -0.39 is 5.97 Å². The molecule has 0 aliphatic heterocycles. The van der Waals surface area contributed by atoms with Gasteiger partial charge in [-0.3, -0.25) is 4.79 Å². The number of carbonyl (C=O) groups is 2. The van der Waals surface area contributed by atoms with Gasteiger partial charge in [0.2, 0.25) is 5.95 Å². The maximum absolute atomic E-state index is 12.4. The van der Waals surface area contributed by atoms with Gasteiger partial charge in [0, 0.05) is 17.6 Å². The van der Waals surface area contributed by atoms with Crippen LogP contribution in [0.25, 0.3) is 0 Å². The minimum absolute atomic E-state index is 0.238. The fourth-order valence-corrected chi connectivity index (χ4v) is 2.38. The number of hydrogen-bond acceptors (Lipinski definition) is 6. The molecule has 0 radical (unpaired) electrons. The van der Waals surface area contributed by atoms with Gasteiger partial charge in [-0.1, -0.05) is 18.2 Å². The number of methoxy groups -OCH3 is 1. The van der Waals surface area contributed by atoms with E-state index in [-0.39, 0.29) is 17.5 Å². The highest BCUT2D eigenvalue weighted by molar-refractivity contribution is 6.03. The van der Waals surface area contributed by atoms with Crippen LogP contribution in [0.1, 0.15) is 26.4 Å². The molecular weight excluding hydrogens is 344 g/mol. The molecule has 7 nitrogen and oxygen atoms in total. The lowest BCUT2D eigenvalue weighted by atomic mass is 10.2. The van der Waals surface area contributed by atoms with E-state index in [1.54, 1.807) is 30.3 Å². The molecule has 136 valence electrons. The van der Waals surface area contributed by atoms with Crippen molar-refractivity contribution in [1.82, 2.24) is 9.97 Å². The zero-order valence-electron chi connectivity index (χ0n) is 14.9. The van der Waals surface area contributed by atoms with E-state index in [1.807, 2.05) is 31.2 Å². The smallest absolute Gasteiger partial charge is 0.337 e. The van der Waals surface area contributed by atoms with Crippen molar-refractivity contribution >= 4 is 29.2 Å². The van der Waals surface area contributed by atoms with Gasteiger partial charge in [0.15, 0.2) is 0 Å². The Bertz CT molecular complexity index is 971. The summed E-state index contributed by atoms with van der Waals surface area (Å²) in [4.78, 5) is 32.3. The number of esters is 1. The molecule has 0 spiro atoms. The summed E-state index contributed by atoms with van der Waals surface area (Å²) in [6.07, 6.45) is 1.50. The van der Waals surface area contributed by atoms with Crippen LogP contribution in [0.4, 0.5) is 17.3 Å². The molecule has 3 rings (SSSR count). The first kappa shape index (κ1) is 18.1. The van der Waals surface area contributed by atoms with Gasteiger partial charge in [-0.05, 0) is 48.9 Å². The second-order valence-electron chi connectivity index (χ2n) is 5.73. The Morgan fingerprint density at radius 1 is 1.00 bits per heavy atom. The van der Waals surface area contributed by atoms with Crippen LogP contribution in [-0.2, 0) is 4.74 Å². The van der Waals surface area contributed by atoms with Crippen LogP contribution in [0, 0.1) is 6.92 Å². The lowest BCUT2D eigenvalue weighted by molar-refractivity contribution is 0.0600. The van der Waals surface area contributed by atoms with Crippen LogP contribution >= 0.6 is 0 Å². The van der Waals surface area contributed by atoms with Crippen molar-refractivity contribution in [3.63, 3.8) is 0 Å². The van der Waals surface area contributed by atoms with E-state index >= 15 is 0 Å². The first-order chi connectivity index (χ1) is 13.1. The highest BCUT2D eigenvalue weighted by atomic mass is 16.5. The Labute approximate surface area is 156 Å². The number of ether oxygens (including phenoxy) is 1. The van der Waals surface area contributed by atoms with E-state index in [0.29, 0.717) is 11.3 Å². The third kappa shape index (κ3) is 4.46. The minimum Gasteiger partial charge on any atom is -0.465 e. The topological polar surface area (TPSA) is 93.2 Å². The Morgan fingerprint density at radius 2 is 1.74 bits per heavy atom. The molecule has 2 N–H and O–H groups in total. The Hall–Kier alpha value is -3.74. The molecule has 2 aromatic carbocycles. The van der Waals surface area contributed by atoms with Gasteiger partial charge in [-0.2, -0.15) is 0 Å². The number of carbonyl (C=O) groups excluding carboxylic acids is 2. The van der Waals surface area contributed by atoms with Crippen LogP contribution in [0.15, 0.2) is 60.8 Å². The van der Waals surface area contributed by atoms with Crippen molar-refractivity contribution in [3.8, 4) is 0 Å². The molecule has 0 saturated carbocycles. The monoisotopic (exact) mass is 362 g/mol. The van der Waals surface area contributed by atoms with Gasteiger partial charge in [0.25, 0.3) is 5.91 Å². The highest BCUT2D eigenvalue weighted by Gasteiger charge is 2.11. The zero-order valence-corrected chi connectivity index (χ0v) is 14.9. The van der Waals surface area contributed by atoms with E-state index in [1.165, 1.54) is 13.3 Å². The van der Waals surface area contributed by atoms with Crippen molar-refractivity contribution in [3.05, 3.63) is 77.6 Å². The molecule has 0 saturated heterocycles. The number of aryl methyl sites for hydroxylation is 1. The summed E-state index contributed by atoms with van der Waals surface area (Å²) in [5.74, 6) is -0.457. The van der Waals surface area contributed by atoms with Gasteiger partial charge < -0.3 is 15.4 Å². The normalized spacial score (nSPS) is 10.1. The number of nitrogens with one attached hydrogen (secondary N) is 2. The highest BCUT2D eigenvalue weighted by Crippen LogP contribution is 2.16. The van der Waals surface area contributed by atoms with Crippen LogP contribution in [-0.4, -0.2) is 29.0 Å². The maximum atomic E-state index is 12.4. The predicted molar refractivity (Wildman–Crippen MR) is 102 cm³/mol. The molecule has 27 heavy (non-hydrogen) atoms. The molecule has 3 aromatic rings. The number of amides is 1. The Morgan fingerprint density at radius 3 is 2.44 bits per heavy atom. The molecule has 0 atom stereocenters. The van der Waals surface area contributed by atoms with Crippen LogP contribution in [0.2, 0.25) is 0 Å². The lowest BCUT2D eigenvalue weighted by Crippen LogP contribution is -2.15. The first-order valence-electron chi connectivity index (χ1n) is 8.22. The third-order valence-corrected chi connectivity index (χ3v) is 3.84. The standard InChI is InChI=1S/C20H18N4O3/c1-13-5-3-4-6-16(13)23-18(25)17-11-12-21-20(24-17)22-15-9-7-14(8-10-15)19(26)27-2/h3-12H,1-2H3,(H,23,25)(H,21,22,24). The van der Waals surface area contributed by atoms with E-state index in [0.717, 1.165) is 11.3 Å². The number of nitrogens with zero attached hydrogens (tertiary/aromatic N) is 2. The second kappa shape index (κ2) is 8.09. The summed E-state index contributed by atoms with van der Waals surface area (Å²) < 4.78 is 4.67. The number of benzene rings is 2. The number of anilines is 3. The number of rotatable bonds is 5. The molecule has 0 aliphatic rings. The number of para-hydroxylation sites is 1. The van der Waals surface area contributed by atoms with Crippen LogP contribution in [0.3, 0.4) is 0 Å². The molecular formula is C20H18N4O3. The van der Waals surface area contributed by atoms with Gasteiger partial charge in [-0.15, -0.1) is 0 Å². The van der Waals surface area contributed by atoms with Crippen LogP contribution in [0.5, 0.6) is 0 Å². The lowest BCUT2D eigenvalue weighted by Gasteiger charge is -2.09. The SMILES string of the molecule is COC(=O)c1ccc(Nc2nccc(C(=O)Nc3ccccc3C)n2)cc1. The zero-order chi connectivity index (χ0) is 19.2. The average molecular weight is 362 g/mol. The summed E-state index contributed by atoms with van der Waals surface area (Å²) in [6.45, 7) is 1.92. The molecule has 1 aromatic heterocycles. The largest absolute Gasteiger partial charge is 0.465 e. The Kier molecular flexibility index (Phi) is 5.41. The van der Waals surface area contributed by atoms with Gasteiger partial charge >= 0.3 is 5.97 Å². The summed E-state index contributed by atoms with van der Waals surface area (Å²) in [6, 6.07) is 15.7. The number of hydrogen-bond donors (Lipinski definition) is 2. The van der Waals surface area contributed by atoms with Crippen molar-refractivity contribution in [2.45, 2.75) is 6.92 Å². The molecule has 7 heteroatoms. The third-order valence-electron chi connectivity index (χ3n) is 3.84. The first-order valence-corrected chi connectivity index (χ1v) is 8.22. The van der Waals surface area contributed by atoms with Crippen molar-refractivity contribution in [2.75, 3.05) is 17.7 Å². The van der Waals surface area contributed by atoms with E-state index in [9.17, 15) is 9.59 Å². The van der Waals surface area contributed by atoms with E-state index in [2.05, 4.69) is 25.3 Å². The summed E-state index contributed by atoms with van der Waals surface area (Å²) in [5, 5.41) is 5.84. The minimum atomic E-state index is -0.410. The second-order valence-corrected chi connectivity index (χ2v) is 5.73.